The third-order valence-electron chi connectivity index (χ3n) is 4.38. The van der Waals surface area contributed by atoms with Gasteiger partial charge in [-0.1, -0.05) is 49.4 Å². The van der Waals surface area contributed by atoms with E-state index in [9.17, 15) is 9.59 Å². The van der Waals surface area contributed by atoms with E-state index in [2.05, 4.69) is 0 Å². The van der Waals surface area contributed by atoms with Gasteiger partial charge in [-0.15, -0.1) is 0 Å². The maximum Gasteiger partial charge on any atom is 0.306 e. The van der Waals surface area contributed by atoms with Crippen LogP contribution >= 0.6 is 0 Å². The summed E-state index contributed by atoms with van der Waals surface area (Å²) < 4.78 is 5.71. The van der Waals surface area contributed by atoms with Crippen molar-refractivity contribution >= 4 is 11.9 Å². The van der Waals surface area contributed by atoms with E-state index in [-0.39, 0.29) is 23.8 Å². The predicted octanol–water partition coefficient (Wildman–Crippen LogP) is 3.49. The van der Waals surface area contributed by atoms with Crippen LogP contribution in [0.25, 0.3) is 0 Å². The van der Waals surface area contributed by atoms with Gasteiger partial charge in [0.2, 0.25) is 5.91 Å². The van der Waals surface area contributed by atoms with Crippen LogP contribution in [0.3, 0.4) is 0 Å². The molecule has 1 amide bonds. The number of allylic oxidation sites excluding steroid dienone is 2. The van der Waals surface area contributed by atoms with Crippen molar-refractivity contribution in [2.45, 2.75) is 45.3 Å². The Kier molecular flexibility index (Phi) is 5.97. The van der Waals surface area contributed by atoms with Gasteiger partial charge in [0.15, 0.2) is 0 Å². The summed E-state index contributed by atoms with van der Waals surface area (Å²) in [6.07, 6.45) is 5.18. The van der Waals surface area contributed by atoms with E-state index in [1.54, 1.807) is 11.9 Å². The second-order valence-electron chi connectivity index (χ2n) is 6.16. The molecular formula is C19H25NO3. The number of benzene rings is 1. The fourth-order valence-electron chi connectivity index (χ4n) is 2.76. The summed E-state index contributed by atoms with van der Waals surface area (Å²) in [5.41, 5.74) is 0.910. The molecule has 4 nitrogen and oxygen atoms in total. The average Bonchev–Trinajstić information content (AvgIpc) is 2.57. The van der Waals surface area contributed by atoms with Gasteiger partial charge in [-0.25, -0.2) is 0 Å². The summed E-state index contributed by atoms with van der Waals surface area (Å²) in [6.45, 7) is 3.86. The van der Waals surface area contributed by atoms with Gasteiger partial charge in [0.1, 0.15) is 6.10 Å². The average molecular weight is 315 g/mol. The molecule has 124 valence electrons. The molecule has 1 aromatic carbocycles. The molecular weight excluding hydrogens is 290 g/mol. The van der Waals surface area contributed by atoms with Crippen molar-refractivity contribution in [1.29, 1.82) is 0 Å². The third-order valence-corrected chi connectivity index (χ3v) is 4.38. The van der Waals surface area contributed by atoms with Crippen LogP contribution in [0.1, 0.15) is 44.8 Å². The lowest BCUT2D eigenvalue weighted by atomic mass is 9.99. The SMILES string of the molecule is C[C@@H]1C/C=C/CCC(=O)O[C@H](c2ccccc2)[C@H](C)N(C)C1=O. The fourth-order valence-corrected chi connectivity index (χ4v) is 2.76. The summed E-state index contributed by atoms with van der Waals surface area (Å²) in [7, 11) is 1.78. The molecule has 3 atom stereocenters. The molecule has 4 heteroatoms. The van der Waals surface area contributed by atoms with E-state index < -0.39 is 6.10 Å². The van der Waals surface area contributed by atoms with Crippen molar-refractivity contribution in [3.05, 3.63) is 48.0 Å². The Labute approximate surface area is 138 Å². The number of hydrogen-bond donors (Lipinski definition) is 0. The minimum Gasteiger partial charge on any atom is -0.455 e. The number of ether oxygens (including phenoxy) is 1. The van der Waals surface area contributed by atoms with E-state index in [1.807, 2.05) is 56.3 Å². The van der Waals surface area contributed by atoms with Crippen molar-refractivity contribution < 1.29 is 14.3 Å². The highest BCUT2D eigenvalue weighted by molar-refractivity contribution is 5.79. The summed E-state index contributed by atoms with van der Waals surface area (Å²) in [5, 5.41) is 0. The number of nitrogens with zero attached hydrogens (tertiary/aromatic N) is 1. The van der Waals surface area contributed by atoms with Gasteiger partial charge in [0, 0.05) is 19.4 Å². The number of esters is 1. The van der Waals surface area contributed by atoms with Crippen LogP contribution in [0.2, 0.25) is 0 Å². The lowest BCUT2D eigenvalue weighted by molar-refractivity contribution is -0.156. The maximum atomic E-state index is 12.6. The molecule has 0 saturated carbocycles. The van der Waals surface area contributed by atoms with Crippen LogP contribution in [0.4, 0.5) is 0 Å². The van der Waals surface area contributed by atoms with Crippen LogP contribution in [0.5, 0.6) is 0 Å². The normalized spacial score (nSPS) is 28.5. The maximum absolute atomic E-state index is 12.6. The number of amides is 1. The predicted molar refractivity (Wildman–Crippen MR) is 89.7 cm³/mol. The van der Waals surface area contributed by atoms with Gasteiger partial charge >= 0.3 is 5.97 Å². The molecule has 1 aliphatic heterocycles. The van der Waals surface area contributed by atoms with E-state index in [0.717, 1.165) is 5.56 Å². The zero-order valence-corrected chi connectivity index (χ0v) is 14.1. The summed E-state index contributed by atoms with van der Waals surface area (Å²) in [4.78, 5) is 26.4. The zero-order chi connectivity index (χ0) is 16.8. The fraction of sp³-hybridized carbons (Fsp3) is 0.474. The van der Waals surface area contributed by atoms with Crippen molar-refractivity contribution in [3.8, 4) is 0 Å². The monoisotopic (exact) mass is 315 g/mol. The minimum atomic E-state index is -0.451. The lowest BCUT2D eigenvalue weighted by Gasteiger charge is -2.33. The molecule has 1 heterocycles. The molecule has 1 aromatic rings. The second-order valence-corrected chi connectivity index (χ2v) is 6.16. The molecule has 1 aliphatic rings. The molecule has 0 aliphatic carbocycles. The molecule has 23 heavy (non-hydrogen) atoms. The van der Waals surface area contributed by atoms with Crippen LogP contribution in [-0.2, 0) is 14.3 Å². The van der Waals surface area contributed by atoms with Gasteiger partial charge in [-0.05, 0) is 25.3 Å². The smallest absolute Gasteiger partial charge is 0.306 e. The van der Waals surface area contributed by atoms with Crippen molar-refractivity contribution in [2.75, 3.05) is 7.05 Å². The van der Waals surface area contributed by atoms with E-state index in [1.165, 1.54) is 0 Å². The summed E-state index contributed by atoms with van der Waals surface area (Å²) in [5.74, 6) is -0.241. The first-order valence-corrected chi connectivity index (χ1v) is 8.16. The van der Waals surface area contributed by atoms with Gasteiger partial charge in [0.25, 0.3) is 0 Å². The number of carbonyl (C=O) groups is 2. The zero-order valence-electron chi connectivity index (χ0n) is 14.1. The number of rotatable bonds is 1. The first kappa shape index (κ1) is 17.3. The summed E-state index contributed by atoms with van der Waals surface area (Å²) >= 11 is 0. The van der Waals surface area contributed by atoms with Gasteiger partial charge < -0.3 is 9.64 Å². The van der Waals surface area contributed by atoms with Crippen molar-refractivity contribution in [3.63, 3.8) is 0 Å². The van der Waals surface area contributed by atoms with E-state index >= 15 is 0 Å². The Morgan fingerprint density at radius 3 is 2.48 bits per heavy atom. The molecule has 0 bridgehead atoms. The van der Waals surface area contributed by atoms with Crippen LogP contribution in [0, 0.1) is 5.92 Å². The molecule has 0 N–H and O–H groups in total. The third kappa shape index (κ3) is 4.44. The minimum absolute atomic E-state index is 0.0692. The van der Waals surface area contributed by atoms with E-state index in [0.29, 0.717) is 19.3 Å². The topological polar surface area (TPSA) is 46.6 Å². The lowest BCUT2D eigenvalue weighted by Crippen LogP contribution is -2.42. The summed E-state index contributed by atoms with van der Waals surface area (Å²) in [6, 6.07) is 9.40. The Bertz CT molecular complexity index is 567. The molecule has 2 rings (SSSR count). The molecule has 0 spiro atoms. The highest BCUT2D eigenvalue weighted by Gasteiger charge is 2.30. The Morgan fingerprint density at radius 1 is 1.09 bits per heavy atom. The van der Waals surface area contributed by atoms with E-state index in [4.69, 9.17) is 4.74 Å². The number of hydrogen-bond acceptors (Lipinski definition) is 3. The second kappa shape index (κ2) is 7.95. The first-order valence-electron chi connectivity index (χ1n) is 8.16. The Morgan fingerprint density at radius 2 is 1.78 bits per heavy atom. The Hall–Kier alpha value is -2.10. The number of carbonyl (C=O) groups excluding carboxylic acids is 2. The highest BCUT2D eigenvalue weighted by atomic mass is 16.5. The Balaban J connectivity index is 2.32. The van der Waals surface area contributed by atoms with Crippen molar-refractivity contribution in [2.24, 2.45) is 5.92 Å². The highest BCUT2D eigenvalue weighted by Crippen LogP contribution is 2.27. The van der Waals surface area contributed by atoms with Crippen LogP contribution < -0.4 is 0 Å². The molecule has 0 unspecified atom stereocenters. The van der Waals surface area contributed by atoms with Crippen LogP contribution in [0.15, 0.2) is 42.5 Å². The molecule has 0 radical (unpaired) electrons. The van der Waals surface area contributed by atoms with Gasteiger partial charge in [0.05, 0.1) is 6.04 Å². The van der Waals surface area contributed by atoms with Crippen molar-refractivity contribution in [1.82, 2.24) is 4.90 Å². The number of cyclic esters (lactones) is 1. The quantitative estimate of drug-likeness (QED) is 0.588. The molecule has 0 saturated heterocycles. The van der Waals surface area contributed by atoms with Crippen LogP contribution in [-0.4, -0.2) is 29.9 Å². The number of likely N-dealkylation sites (N-methyl/N-ethyl adjacent to an activating group) is 1. The largest absolute Gasteiger partial charge is 0.455 e. The molecule has 0 fully saturated rings. The standard InChI is InChI=1S/C19H25NO3/c1-14-10-6-4-9-13-17(21)23-18(15(2)20(3)19(14)22)16-11-7-5-8-12-16/h4-8,11-12,14-15,18H,9-10,13H2,1-3H3/b6-4+/t14-,15+,18+/m1/s1. The van der Waals surface area contributed by atoms with Gasteiger partial charge in [-0.2, -0.15) is 0 Å². The van der Waals surface area contributed by atoms with Gasteiger partial charge in [-0.3, -0.25) is 9.59 Å². The molecule has 0 aromatic heterocycles. The first-order chi connectivity index (χ1) is 11.0.